The Morgan fingerprint density at radius 2 is 2.21 bits per heavy atom. The van der Waals surface area contributed by atoms with E-state index in [1.54, 1.807) is 24.4 Å². The van der Waals surface area contributed by atoms with Crippen molar-refractivity contribution >= 4 is 22.8 Å². The number of aromatic amines is 1. The van der Waals surface area contributed by atoms with Gasteiger partial charge in [-0.15, -0.1) is 0 Å². The van der Waals surface area contributed by atoms with Crippen molar-refractivity contribution in [2.45, 2.75) is 12.5 Å². The van der Waals surface area contributed by atoms with Crippen molar-refractivity contribution in [3.8, 4) is 0 Å². The van der Waals surface area contributed by atoms with Crippen LogP contribution in [-0.2, 0) is 9.53 Å². The molecular formula is C13H14N2O4. The Kier molecular flexibility index (Phi) is 3.52. The highest BCUT2D eigenvalue weighted by Gasteiger charge is 2.16. The molecule has 1 aromatic heterocycles. The van der Waals surface area contributed by atoms with E-state index in [1.165, 1.54) is 7.11 Å². The van der Waals surface area contributed by atoms with Crippen molar-refractivity contribution in [1.82, 2.24) is 4.98 Å². The first-order valence-corrected chi connectivity index (χ1v) is 5.69. The second-order valence-corrected chi connectivity index (χ2v) is 4.20. The maximum absolute atomic E-state index is 11.4. The minimum Gasteiger partial charge on any atom is -0.481 e. The number of hydrogen-bond donors (Lipinski definition) is 3. The van der Waals surface area contributed by atoms with Crippen molar-refractivity contribution in [1.29, 1.82) is 0 Å². The van der Waals surface area contributed by atoms with Crippen molar-refractivity contribution in [3.05, 3.63) is 35.5 Å². The van der Waals surface area contributed by atoms with E-state index in [9.17, 15) is 9.59 Å². The number of aliphatic carboxylic acids is 1. The Hall–Kier alpha value is -2.34. The van der Waals surface area contributed by atoms with E-state index in [0.29, 0.717) is 11.1 Å². The summed E-state index contributed by atoms with van der Waals surface area (Å²) in [5.41, 5.74) is 7.70. The zero-order chi connectivity index (χ0) is 14.0. The van der Waals surface area contributed by atoms with Gasteiger partial charge >= 0.3 is 11.9 Å². The van der Waals surface area contributed by atoms with Gasteiger partial charge in [0, 0.05) is 23.1 Å². The molecule has 0 aliphatic heterocycles. The van der Waals surface area contributed by atoms with Crippen LogP contribution in [0.2, 0.25) is 0 Å². The van der Waals surface area contributed by atoms with Gasteiger partial charge in [-0.1, -0.05) is 6.07 Å². The molecule has 19 heavy (non-hydrogen) atoms. The van der Waals surface area contributed by atoms with E-state index in [4.69, 9.17) is 10.8 Å². The Morgan fingerprint density at radius 1 is 1.47 bits per heavy atom. The first-order valence-electron chi connectivity index (χ1n) is 5.69. The van der Waals surface area contributed by atoms with Crippen LogP contribution in [0.3, 0.4) is 0 Å². The lowest BCUT2D eigenvalue weighted by atomic mass is 10.0. The Morgan fingerprint density at radius 3 is 2.84 bits per heavy atom. The van der Waals surface area contributed by atoms with Crippen LogP contribution in [0.15, 0.2) is 24.4 Å². The zero-order valence-electron chi connectivity index (χ0n) is 10.3. The molecule has 0 aliphatic rings. The number of esters is 1. The average molecular weight is 262 g/mol. The lowest BCUT2D eigenvalue weighted by molar-refractivity contribution is -0.137. The molecule has 0 spiro atoms. The number of fused-ring (bicyclic) bond motifs is 1. The zero-order valence-corrected chi connectivity index (χ0v) is 10.3. The van der Waals surface area contributed by atoms with Gasteiger partial charge in [0.25, 0.3) is 0 Å². The van der Waals surface area contributed by atoms with Crippen LogP contribution in [0.25, 0.3) is 10.9 Å². The summed E-state index contributed by atoms with van der Waals surface area (Å²) in [6, 6.07) is 4.42. The number of aromatic nitrogens is 1. The predicted octanol–water partition coefficient (Wildman–Crippen LogP) is 1.43. The number of carboxylic acid groups (broad SMARTS) is 1. The number of ether oxygens (including phenoxy) is 1. The second-order valence-electron chi connectivity index (χ2n) is 4.20. The van der Waals surface area contributed by atoms with Crippen LogP contribution in [0.5, 0.6) is 0 Å². The summed E-state index contributed by atoms with van der Waals surface area (Å²) in [4.78, 5) is 25.1. The molecule has 0 aliphatic carbocycles. The van der Waals surface area contributed by atoms with Gasteiger partial charge in [0.05, 0.1) is 19.1 Å². The molecule has 0 radical (unpaired) electrons. The monoisotopic (exact) mass is 262 g/mol. The van der Waals surface area contributed by atoms with Gasteiger partial charge in [-0.2, -0.15) is 0 Å². The van der Waals surface area contributed by atoms with Crippen molar-refractivity contribution in [2.75, 3.05) is 7.11 Å². The molecule has 6 nitrogen and oxygen atoms in total. The Labute approximate surface area is 109 Å². The summed E-state index contributed by atoms with van der Waals surface area (Å²) in [6.45, 7) is 0. The van der Waals surface area contributed by atoms with Crippen molar-refractivity contribution < 1.29 is 19.4 Å². The van der Waals surface area contributed by atoms with Gasteiger partial charge in [-0.05, 0) is 17.7 Å². The maximum atomic E-state index is 11.4. The highest BCUT2D eigenvalue weighted by atomic mass is 16.5. The third-order valence-corrected chi connectivity index (χ3v) is 2.93. The fourth-order valence-corrected chi connectivity index (χ4v) is 2.00. The molecule has 0 amide bonds. The maximum Gasteiger partial charge on any atom is 0.337 e. The van der Waals surface area contributed by atoms with Crippen molar-refractivity contribution in [2.24, 2.45) is 5.73 Å². The number of carboxylic acids is 1. The highest BCUT2D eigenvalue weighted by molar-refractivity contribution is 5.95. The van der Waals surface area contributed by atoms with E-state index in [2.05, 4.69) is 9.72 Å². The lowest BCUT2D eigenvalue weighted by Gasteiger charge is -2.07. The summed E-state index contributed by atoms with van der Waals surface area (Å²) in [5.74, 6) is -1.37. The molecule has 2 rings (SSSR count). The first kappa shape index (κ1) is 13.1. The summed E-state index contributed by atoms with van der Waals surface area (Å²) in [7, 11) is 1.31. The number of rotatable bonds is 4. The van der Waals surface area contributed by atoms with E-state index in [1.807, 2.05) is 0 Å². The number of nitrogens with two attached hydrogens (primary N) is 1. The summed E-state index contributed by atoms with van der Waals surface area (Å²) in [5, 5.41) is 9.56. The predicted molar refractivity (Wildman–Crippen MR) is 68.8 cm³/mol. The normalized spacial score (nSPS) is 12.3. The molecular weight excluding hydrogens is 248 g/mol. The number of carbonyl (C=O) groups excluding carboxylic acids is 1. The number of methoxy groups -OCH3 is 1. The summed E-state index contributed by atoms with van der Waals surface area (Å²) in [6.07, 6.45) is 1.52. The number of carbonyl (C=O) groups is 2. The fraction of sp³-hybridized carbons (Fsp3) is 0.231. The molecule has 6 heteroatoms. The molecule has 1 unspecified atom stereocenters. The summed E-state index contributed by atoms with van der Waals surface area (Å²) >= 11 is 0. The second kappa shape index (κ2) is 5.11. The molecule has 0 bridgehead atoms. The Balaban J connectivity index is 2.39. The van der Waals surface area contributed by atoms with Crippen LogP contribution >= 0.6 is 0 Å². The van der Waals surface area contributed by atoms with Gasteiger partial charge in [0.15, 0.2) is 0 Å². The molecule has 0 fully saturated rings. The largest absolute Gasteiger partial charge is 0.481 e. The third kappa shape index (κ3) is 2.58. The summed E-state index contributed by atoms with van der Waals surface area (Å²) < 4.78 is 4.64. The third-order valence-electron chi connectivity index (χ3n) is 2.93. The van der Waals surface area contributed by atoms with Gasteiger partial charge < -0.3 is 20.6 Å². The minimum atomic E-state index is -0.951. The van der Waals surface area contributed by atoms with Crippen LogP contribution in [0.4, 0.5) is 0 Å². The standard InChI is InChI=1S/C13H14N2O4/c1-19-13(18)7-2-3-8-9(6-15-11(8)4-7)10(14)5-12(16)17/h2-4,6,10,15H,5,14H2,1H3,(H,16,17). The molecule has 2 aromatic rings. The number of benzene rings is 1. The minimum absolute atomic E-state index is 0.147. The number of hydrogen-bond acceptors (Lipinski definition) is 4. The van der Waals surface area contributed by atoms with Gasteiger partial charge in [0.1, 0.15) is 0 Å². The van der Waals surface area contributed by atoms with Crippen LogP contribution in [0.1, 0.15) is 28.4 Å². The molecule has 1 atom stereocenters. The van der Waals surface area contributed by atoms with Gasteiger partial charge in [-0.25, -0.2) is 4.79 Å². The topological polar surface area (TPSA) is 105 Å². The van der Waals surface area contributed by atoms with E-state index >= 15 is 0 Å². The average Bonchev–Trinajstić information content (AvgIpc) is 2.79. The van der Waals surface area contributed by atoms with E-state index in [-0.39, 0.29) is 6.42 Å². The Bertz CT molecular complexity index is 633. The van der Waals surface area contributed by atoms with Crippen LogP contribution < -0.4 is 5.73 Å². The fourth-order valence-electron chi connectivity index (χ4n) is 2.00. The molecule has 100 valence electrons. The first-order chi connectivity index (χ1) is 9.02. The quantitative estimate of drug-likeness (QED) is 0.723. The van der Waals surface area contributed by atoms with Crippen LogP contribution in [-0.4, -0.2) is 29.1 Å². The van der Waals surface area contributed by atoms with Gasteiger partial charge in [-0.3, -0.25) is 4.79 Å². The molecule has 0 saturated carbocycles. The smallest absolute Gasteiger partial charge is 0.337 e. The van der Waals surface area contributed by atoms with E-state index < -0.39 is 18.0 Å². The number of H-pyrrole nitrogens is 1. The molecule has 1 aromatic carbocycles. The van der Waals surface area contributed by atoms with Crippen LogP contribution in [0, 0.1) is 0 Å². The molecule has 0 saturated heterocycles. The molecule has 4 N–H and O–H groups in total. The lowest BCUT2D eigenvalue weighted by Crippen LogP contribution is -2.14. The SMILES string of the molecule is COC(=O)c1ccc2c(C(N)CC(=O)O)c[nH]c2c1. The number of nitrogens with one attached hydrogen (secondary N) is 1. The van der Waals surface area contributed by atoms with Crippen molar-refractivity contribution in [3.63, 3.8) is 0 Å². The van der Waals surface area contributed by atoms with E-state index in [0.717, 1.165) is 10.9 Å². The highest BCUT2D eigenvalue weighted by Crippen LogP contribution is 2.25. The molecule has 1 heterocycles. The van der Waals surface area contributed by atoms with Gasteiger partial charge in [0.2, 0.25) is 0 Å².